The maximum atomic E-state index is 13.7. The molecule has 2 aromatic rings. The average Bonchev–Trinajstić information content (AvgIpc) is 3.09. The molecule has 1 atom stereocenters. The van der Waals surface area contributed by atoms with E-state index in [1.54, 1.807) is 12.1 Å². The summed E-state index contributed by atoms with van der Waals surface area (Å²) in [7, 11) is 0. The van der Waals surface area contributed by atoms with Crippen LogP contribution in [0, 0.1) is 11.7 Å². The molecule has 1 aromatic carbocycles. The summed E-state index contributed by atoms with van der Waals surface area (Å²) in [4.78, 5) is 29.1. The zero-order chi connectivity index (χ0) is 14.8. The lowest BCUT2D eigenvalue weighted by atomic mass is 10.1. The smallest absolute Gasteiger partial charge is 0.232 e. The number of amides is 2. The molecule has 1 saturated heterocycles. The highest BCUT2D eigenvalue weighted by Gasteiger charge is 2.36. The van der Waals surface area contributed by atoms with Gasteiger partial charge in [0.1, 0.15) is 12.1 Å². The lowest BCUT2D eigenvalue weighted by Crippen LogP contribution is -2.28. The first-order chi connectivity index (χ1) is 10.1. The van der Waals surface area contributed by atoms with Gasteiger partial charge in [-0.3, -0.25) is 14.9 Å². The second kappa shape index (κ2) is 5.31. The number of nitrogens with one attached hydrogen (secondary N) is 2. The highest BCUT2D eigenvalue weighted by Crippen LogP contribution is 2.27. The van der Waals surface area contributed by atoms with Gasteiger partial charge in [-0.25, -0.2) is 9.49 Å². The van der Waals surface area contributed by atoms with Crippen molar-refractivity contribution in [3.05, 3.63) is 36.4 Å². The van der Waals surface area contributed by atoms with Gasteiger partial charge >= 0.3 is 0 Å². The SMILES string of the molecule is O=C(Nc1ncn[nH]1)[C@@H]1CC(=O)N(c2ccccc2F)C1. The Labute approximate surface area is 119 Å². The molecule has 1 aliphatic heterocycles. The van der Waals surface area contributed by atoms with Gasteiger partial charge in [0.15, 0.2) is 0 Å². The lowest BCUT2D eigenvalue weighted by molar-refractivity contribution is -0.122. The molecule has 0 saturated carbocycles. The maximum Gasteiger partial charge on any atom is 0.232 e. The molecule has 2 amide bonds. The number of benzene rings is 1. The number of H-pyrrole nitrogens is 1. The van der Waals surface area contributed by atoms with E-state index in [0.717, 1.165) is 0 Å². The average molecular weight is 289 g/mol. The second-order valence-corrected chi connectivity index (χ2v) is 4.68. The molecule has 21 heavy (non-hydrogen) atoms. The van der Waals surface area contributed by atoms with Crippen LogP contribution in [0.3, 0.4) is 0 Å². The Bertz CT molecular complexity index is 673. The predicted octanol–water partition coefficient (Wildman–Crippen LogP) is 0.935. The molecule has 0 bridgehead atoms. The fourth-order valence-corrected chi connectivity index (χ4v) is 2.27. The number of nitrogens with zero attached hydrogens (tertiary/aromatic N) is 3. The third-order valence-electron chi connectivity index (χ3n) is 3.30. The number of anilines is 2. The van der Waals surface area contributed by atoms with Crippen molar-refractivity contribution in [3.8, 4) is 0 Å². The van der Waals surface area contributed by atoms with Crippen molar-refractivity contribution in [1.29, 1.82) is 0 Å². The molecule has 1 fully saturated rings. The fraction of sp³-hybridized carbons (Fsp3) is 0.231. The van der Waals surface area contributed by atoms with E-state index in [4.69, 9.17) is 0 Å². The Morgan fingerprint density at radius 3 is 2.95 bits per heavy atom. The van der Waals surface area contributed by atoms with Gasteiger partial charge in [-0.2, -0.15) is 10.1 Å². The molecule has 7 nitrogen and oxygen atoms in total. The van der Waals surface area contributed by atoms with Gasteiger partial charge in [0, 0.05) is 13.0 Å². The third kappa shape index (κ3) is 2.60. The molecule has 2 heterocycles. The minimum atomic E-state index is -0.554. The lowest BCUT2D eigenvalue weighted by Gasteiger charge is -2.17. The number of halogens is 1. The van der Waals surface area contributed by atoms with Crippen molar-refractivity contribution < 1.29 is 14.0 Å². The number of para-hydroxylation sites is 1. The summed E-state index contributed by atoms with van der Waals surface area (Å²) in [5.41, 5.74) is 0.192. The van der Waals surface area contributed by atoms with E-state index in [1.165, 1.54) is 23.4 Å². The second-order valence-electron chi connectivity index (χ2n) is 4.68. The van der Waals surface area contributed by atoms with E-state index in [0.29, 0.717) is 0 Å². The molecule has 0 spiro atoms. The van der Waals surface area contributed by atoms with Crippen molar-refractivity contribution in [1.82, 2.24) is 15.2 Å². The van der Waals surface area contributed by atoms with Gasteiger partial charge in [0.25, 0.3) is 0 Å². The molecule has 8 heteroatoms. The summed E-state index contributed by atoms with van der Waals surface area (Å²) in [6, 6.07) is 6.00. The normalized spacial score (nSPS) is 18.0. The van der Waals surface area contributed by atoms with Crippen LogP contribution in [-0.4, -0.2) is 33.5 Å². The number of carbonyl (C=O) groups excluding carboxylic acids is 2. The molecule has 1 aromatic heterocycles. The minimum absolute atomic E-state index is 0.0360. The standard InChI is InChI=1S/C13H12FN5O2/c14-9-3-1-2-4-10(9)19-6-8(5-11(19)20)12(21)17-13-15-7-16-18-13/h1-4,7-8H,5-6H2,(H2,15,16,17,18,21)/t8-/m1/s1. The van der Waals surface area contributed by atoms with Crippen LogP contribution in [0.4, 0.5) is 16.0 Å². The van der Waals surface area contributed by atoms with Crippen LogP contribution in [0.1, 0.15) is 6.42 Å². The zero-order valence-electron chi connectivity index (χ0n) is 10.9. The van der Waals surface area contributed by atoms with Crippen LogP contribution in [0.25, 0.3) is 0 Å². The fourth-order valence-electron chi connectivity index (χ4n) is 2.27. The van der Waals surface area contributed by atoms with Crippen LogP contribution < -0.4 is 10.2 Å². The van der Waals surface area contributed by atoms with E-state index in [9.17, 15) is 14.0 Å². The molecule has 2 N–H and O–H groups in total. The summed E-state index contributed by atoms with van der Waals surface area (Å²) in [5, 5.41) is 8.65. The van der Waals surface area contributed by atoms with E-state index in [-0.39, 0.29) is 36.4 Å². The van der Waals surface area contributed by atoms with Crippen molar-refractivity contribution in [2.75, 3.05) is 16.8 Å². The summed E-state index contributed by atoms with van der Waals surface area (Å²) < 4.78 is 13.7. The molecule has 0 unspecified atom stereocenters. The molecule has 108 valence electrons. The topological polar surface area (TPSA) is 91.0 Å². The first-order valence-electron chi connectivity index (χ1n) is 6.36. The maximum absolute atomic E-state index is 13.7. The first kappa shape index (κ1) is 13.2. The first-order valence-corrected chi connectivity index (χ1v) is 6.36. The molecule has 0 radical (unpaired) electrons. The van der Waals surface area contributed by atoms with Gasteiger partial charge in [-0.1, -0.05) is 12.1 Å². The van der Waals surface area contributed by atoms with Crippen LogP contribution in [-0.2, 0) is 9.59 Å². The van der Waals surface area contributed by atoms with Gasteiger partial charge in [0.05, 0.1) is 11.6 Å². The number of rotatable bonds is 3. The van der Waals surface area contributed by atoms with Crippen LogP contribution in [0.5, 0.6) is 0 Å². The van der Waals surface area contributed by atoms with Crippen LogP contribution >= 0.6 is 0 Å². The van der Waals surface area contributed by atoms with Gasteiger partial charge in [0.2, 0.25) is 17.8 Å². The van der Waals surface area contributed by atoms with E-state index >= 15 is 0 Å². The van der Waals surface area contributed by atoms with E-state index in [1.807, 2.05) is 0 Å². The molecule has 3 rings (SSSR count). The summed E-state index contributed by atoms with van der Waals surface area (Å²) >= 11 is 0. The van der Waals surface area contributed by atoms with Gasteiger partial charge < -0.3 is 4.90 Å². The summed E-state index contributed by atoms with van der Waals surface area (Å²) in [6.45, 7) is 0.139. The summed E-state index contributed by atoms with van der Waals surface area (Å²) in [6.07, 6.45) is 1.30. The third-order valence-corrected chi connectivity index (χ3v) is 3.30. The highest BCUT2D eigenvalue weighted by atomic mass is 19.1. The zero-order valence-corrected chi connectivity index (χ0v) is 10.9. The van der Waals surface area contributed by atoms with Crippen LogP contribution in [0.15, 0.2) is 30.6 Å². The Balaban J connectivity index is 1.73. The van der Waals surface area contributed by atoms with Crippen molar-refractivity contribution in [3.63, 3.8) is 0 Å². The Morgan fingerprint density at radius 2 is 2.24 bits per heavy atom. The Hall–Kier alpha value is -2.77. The van der Waals surface area contributed by atoms with Gasteiger partial charge in [-0.05, 0) is 12.1 Å². The van der Waals surface area contributed by atoms with E-state index < -0.39 is 11.7 Å². The summed E-state index contributed by atoms with van der Waals surface area (Å²) in [5.74, 6) is -1.45. The van der Waals surface area contributed by atoms with E-state index in [2.05, 4.69) is 20.5 Å². The number of hydrogen-bond acceptors (Lipinski definition) is 4. The largest absolute Gasteiger partial charge is 0.309 e. The number of hydrogen-bond donors (Lipinski definition) is 2. The van der Waals surface area contributed by atoms with Gasteiger partial charge in [-0.15, -0.1) is 0 Å². The van der Waals surface area contributed by atoms with Crippen LogP contribution in [0.2, 0.25) is 0 Å². The number of aromatic amines is 1. The molecular weight excluding hydrogens is 277 g/mol. The Morgan fingerprint density at radius 1 is 1.43 bits per heavy atom. The van der Waals surface area contributed by atoms with Crippen molar-refractivity contribution in [2.45, 2.75) is 6.42 Å². The molecule has 0 aliphatic carbocycles. The molecular formula is C13H12FN5O2. The van der Waals surface area contributed by atoms with Crippen molar-refractivity contribution in [2.24, 2.45) is 5.92 Å². The Kier molecular flexibility index (Phi) is 3.35. The molecule has 1 aliphatic rings. The monoisotopic (exact) mass is 289 g/mol. The minimum Gasteiger partial charge on any atom is -0.309 e. The highest BCUT2D eigenvalue weighted by molar-refractivity contribution is 6.03. The number of aromatic nitrogens is 3. The van der Waals surface area contributed by atoms with Crippen molar-refractivity contribution >= 4 is 23.5 Å². The predicted molar refractivity (Wildman–Crippen MR) is 71.9 cm³/mol. The number of carbonyl (C=O) groups is 2. The quantitative estimate of drug-likeness (QED) is 0.879.